The fraction of sp³-hybridized carbons (Fsp3) is 0.400. The third kappa shape index (κ3) is 3.83. The third-order valence-corrected chi connectivity index (χ3v) is 3.17. The zero-order valence-corrected chi connectivity index (χ0v) is 11.3. The Labute approximate surface area is 113 Å². The van der Waals surface area contributed by atoms with E-state index in [2.05, 4.69) is 27.8 Å². The Morgan fingerprint density at radius 2 is 2.11 bits per heavy atom. The van der Waals surface area contributed by atoms with Gasteiger partial charge in [-0.2, -0.15) is 0 Å². The molecule has 0 aliphatic rings. The molecule has 3 N–H and O–H groups in total. The zero-order chi connectivity index (χ0) is 13.5. The summed E-state index contributed by atoms with van der Waals surface area (Å²) in [6, 6.07) is 8.22. The van der Waals surface area contributed by atoms with Crippen molar-refractivity contribution in [3.8, 4) is 0 Å². The van der Waals surface area contributed by atoms with Gasteiger partial charge in [0.2, 0.25) is 5.91 Å². The summed E-state index contributed by atoms with van der Waals surface area (Å²) in [5.41, 5.74) is 2.40. The van der Waals surface area contributed by atoms with E-state index in [0.29, 0.717) is 13.0 Å². The summed E-state index contributed by atoms with van der Waals surface area (Å²) in [6.07, 6.45) is 3.42. The fourth-order valence-electron chi connectivity index (χ4n) is 2.14. The lowest BCUT2D eigenvalue weighted by Gasteiger charge is -2.05. The Bertz CT molecular complexity index is 533. The molecule has 0 fully saturated rings. The summed E-state index contributed by atoms with van der Waals surface area (Å²) in [7, 11) is 0. The third-order valence-electron chi connectivity index (χ3n) is 3.17. The van der Waals surface area contributed by atoms with E-state index in [1.165, 1.54) is 10.9 Å². The standard InChI is InChI=1S/C15H21N3O/c1-2-16-9-8-15(19)17-10-7-12-11-18-14-6-4-3-5-13(12)14/h3-6,11,16,18H,2,7-10H2,1H3,(H,17,19). The largest absolute Gasteiger partial charge is 0.361 e. The van der Waals surface area contributed by atoms with E-state index in [1.54, 1.807) is 0 Å². The van der Waals surface area contributed by atoms with E-state index in [9.17, 15) is 4.79 Å². The van der Waals surface area contributed by atoms with Crippen LogP contribution < -0.4 is 10.6 Å². The van der Waals surface area contributed by atoms with E-state index >= 15 is 0 Å². The SMILES string of the molecule is CCNCCC(=O)NCCc1c[nH]c2ccccc12. The molecule has 102 valence electrons. The quantitative estimate of drug-likeness (QED) is 0.664. The highest BCUT2D eigenvalue weighted by Gasteiger charge is 2.04. The molecule has 0 aliphatic heterocycles. The highest BCUT2D eigenvalue weighted by atomic mass is 16.1. The molecule has 1 aromatic carbocycles. The Kier molecular flexibility index (Phi) is 4.98. The van der Waals surface area contributed by atoms with Crippen molar-refractivity contribution in [1.82, 2.24) is 15.6 Å². The van der Waals surface area contributed by atoms with Gasteiger partial charge in [0.25, 0.3) is 0 Å². The van der Waals surface area contributed by atoms with Crippen LogP contribution in [0.15, 0.2) is 30.5 Å². The number of hydrogen-bond donors (Lipinski definition) is 3. The maximum atomic E-state index is 11.6. The number of benzene rings is 1. The van der Waals surface area contributed by atoms with Crippen LogP contribution in [-0.4, -0.2) is 30.5 Å². The number of amides is 1. The minimum atomic E-state index is 0.112. The molecule has 2 rings (SSSR count). The number of aromatic amines is 1. The summed E-state index contributed by atoms with van der Waals surface area (Å²) in [6.45, 7) is 4.37. The number of carbonyl (C=O) groups excluding carboxylic acids is 1. The number of H-pyrrole nitrogens is 1. The molecule has 1 aromatic heterocycles. The van der Waals surface area contributed by atoms with Crippen LogP contribution in [0.4, 0.5) is 0 Å². The topological polar surface area (TPSA) is 56.9 Å². The van der Waals surface area contributed by atoms with Gasteiger partial charge in [0.1, 0.15) is 0 Å². The highest BCUT2D eigenvalue weighted by Crippen LogP contribution is 2.17. The van der Waals surface area contributed by atoms with Gasteiger partial charge in [-0.05, 0) is 24.6 Å². The maximum Gasteiger partial charge on any atom is 0.221 e. The van der Waals surface area contributed by atoms with Crippen molar-refractivity contribution in [2.24, 2.45) is 0 Å². The molecule has 4 nitrogen and oxygen atoms in total. The van der Waals surface area contributed by atoms with Gasteiger partial charge in [0, 0.05) is 36.6 Å². The lowest BCUT2D eigenvalue weighted by atomic mass is 10.1. The number of aromatic nitrogens is 1. The van der Waals surface area contributed by atoms with Crippen LogP contribution in [0.1, 0.15) is 18.9 Å². The molecule has 0 unspecified atom stereocenters. The molecule has 19 heavy (non-hydrogen) atoms. The Hall–Kier alpha value is -1.81. The van der Waals surface area contributed by atoms with E-state index in [1.807, 2.05) is 25.3 Å². The molecule has 0 saturated carbocycles. The van der Waals surface area contributed by atoms with Gasteiger partial charge in [-0.1, -0.05) is 25.1 Å². The molecular formula is C15H21N3O. The van der Waals surface area contributed by atoms with Gasteiger partial charge in [-0.15, -0.1) is 0 Å². The van der Waals surface area contributed by atoms with Crippen LogP contribution in [0.3, 0.4) is 0 Å². The molecule has 0 aliphatic carbocycles. The number of carbonyl (C=O) groups is 1. The molecule has 0 bridgehead atoms. The van der Waals surface area contributed by atoms with E-state index in [0.717, 1.165) is 25.0 Å². The summed E-state index contributed by atoms with van der Waals surface area (Å²) in [5.74, 6) is 0.112. The number of fused-ring (bicyclic) bond motifs is 1. The maximum absolute atomic E-state index is 11.6. The van der Waals surface area contributed by atoms with Crippen LogP contribution in [-0.2, 0) is 11.2 Å². The minimum absolute atomic E-state index is 0.112. The summed E-state index contributed by atoms with van der Waals surface area (Å²) < 4.78 is 0. The van der Waals surface area contributed by atoms with Crippen LogP contribution in [0.25, 0.3) is 10.9 Å². The first-order valence-corrected chi connectivity index (χ1v) is 6.83. The molecule has 4 heteroatoms. The number of rotatable bonds is 7. The van der Waals surface area contributed by atoms with Crippen molar-refractivity contribution >= 4 is 16.8 Å². The summed E-state index contributed by atoms with van der Waals surface area (Å²) in [5, 5.41) is 7.33. The van der Waals surface area contributed by atoms with Crippen molar-refractivity contribution < 1.29 is 4.79 Å². The fourth-order valence-corrected chi connectivity index (χ4v) is 2.14. The number of hydrogen-bond acceptors (Lipinski definition) is 2. The van der Waals surface area contributed by atoms with Crippen molar-refractivity contribution in [1.29, 1.82) is 0 Å². The molecule has 0 radical (unpaired) electrons. The van der Waals surface area contributed by atoms with E-state index < -0.39 is 0 Å². The molecule has 1 heterocycles. The predicted octanol–water partition coefficient (Wildman–Crippen LogP) is 1.83. The first-order valence-electron chi connectivity index (χ1n) is 6.83. The summed E-state index contributed by atoms with van der Waals surface area (Å²) in [4.78, 5) is 14.8. The van der Waals surface area contributed by atoms with Crippen molar-refractivity contribution in [2.45, 2.75) is 19.8 Å². The van der Waals surface area contributed by atoms with Gasteiger partial charge in [-0.3, -0.25) is 4.79 Å². The van der Waals surface area contributed by atoms with Gasteiger partial charge >= 0.3 is 0 Å². The van der Waals surface area contributed by atoms with Crippen LogP contribution in [0.2, 0.25) is 0 Å². The van der Waals surface area contributed by atoms with Gasteiger partial charge in [0.15, 0.2) is 0 Å². The first kappa shape index (κ1) is 13.6. The molecule has 0 spiro atoms. The second kappa shape index (κ2) is 6.95. The van der Waals surface area contributed by atoms with E-state index in [-0.39, 0.29) is 5.91 Å². The normalized spacial score (nSPS) is 10.8. The van der Waals surface area contributed by atoms with Crippen molar-refractivity contribution in [3.05, 3.63) is 36.0 Å². The highest BCUT2D eigenvalue weighted by molar-refractivity contribution is 5.83. The average Bonchev–Trinajstić information content (AvgIpc) is 2.83. The van der Waals surface area contributed by atoms with E-state index in [4.69, 9.17) is 0 Å². The Morgan fingerprint density at radius 3 is 2.95 bits per heavy atom. The van der Waals surface area contributed by atoms with Crippen LogP contribution in [0, 0.1) is 0 Å². The minimum Gasteiger partial charge on any atom is -0.361 e. The molecule has 1 amide bonds. The second-order valence-corrected chi connectivity index (χ2v) is 4.56. The predicted molar refractivity (Wildman–Crippen MR) is 78.2 cm³/mol. The first-order chi connectivity index (χ1) is 9.31. The average molecular weight is 259 g/mol. The number of para-hydroxylation sites is 1. The molecular weight excluding hydrogens is 238 g/mol. The smallest absolute Gasteiger partial charge is 0.221 e. The monoisotopic (exact) mass is 259 g/mol. The van der Waals surface area contributed by atoms with Gasteiger partial charge < -0.3 is 15.6 Å². The molecule has 0 saturated heterocycles. The zero-order valence-electron chi connectivity index (χ0n) is 11.3. The molecule has 2 aromatic rings. The van der Waals surface area contributed by atoms with Gasteiger partial charge in [-0.25, -0.2) is 0 Å². The van der Waals surface area contributed by atoms with Crippen molar-refractivity contribution in [2.75, 3.05) is 19.6 Å². The Balaban J connectivity index is 1.78. The Morgan fingerprint density at radius 1 is 1.26 bits per heavy atom. The lowest BCUT2D eigenvalue weighted by Crippen LogP contribution is -2.29. The second-order valence-electron chi connectivity index (χ2n) is 4.56. The van der Waals surface area contributed by atoms with Gasteiger partial charge in [0.05, 0.1) is 0 Å². The van der Waals surface area contributed by atoms with Crippen molar-refractivity contribution in [3.63, 3.8) is 0 Å². The lowest BCUT2D eigenvalue weighted by molar-refractivity contribution is -0.120. The van der Waals surface area contributed by atoms with Crippen LogP contribution >= 0.6 is 0 Å². The van der Waals surface area contributed by atoms with Crippen LogP contribution in [0.5, 0.6) is 0 Å². The molecule has 0 atom stereocenters. The summed E-state index contributed by atoms with van der Waals surface area (Å²) >= 11 is 0. The number of nitrogens with one attached hydrogen (secondary N) is 3.